The van der Waals surface area contributed by atoms with E-state index in [1.54, 1.807) is 7.11 Å². The summed E-state index contributed by atoms with van der Waals surface area (Å²) < 4.78 is 15.5. The molecular weight excluding hydrogens is 236 g/mol. The van der Waals surface area contributed by atoms with Gasteiger partial charge >= 0.3 is 0 Å². The molecule has 106 valence electrons. The summed E-state index contributed by atoms with van der Waals surface area (Å²) in [7, 11) is 1.65. The van der Waals surface area contributed by atoms with Crippen LogP contribution in [0.15, 0.2) is 0 Å². The van der Waals surface area contributed by atoms with Gasteiger partial charge in [0.15, 0.2) is 0 Å². The normalized spacial score (nSPS) is 19.7. The topological polar surface area (TPSA) is 68.8 Å². The maximum Gasteiger partial charge on any atom is 0.250 e. The monoisotopic (exact) mass is 260 g/mol. The summed E-state index contributed by atoms with van der Waals surface area (Å²) in [4.78, 5) is 11.6. The van der Waals surface area contributed by atoms with Crippen molar-refractivity contribution < 1.29 is 19.0 Å². The predicted octanol–water partition coefficient (Wildman–Crippen LogP) is -0.466. The molecule has 0 aromatic heterocycles. The lowest BCUT2D eigenvalue weighted by Crippen LogP contribution is -2.48. The number of amides is 1. The third kappa shape index (κ3) is 6.90. The van der Waals surface area contributed by atoms with Gasteiger partial charge in [0.2, 0.25) is 5.91 Å². The first-order valence-electron chi connectivity index (χ1n) is 6.51. The van der Waals surface area contributed by atoms with E-state index in [1.807, 2.05) is 0 Å². The second kappa shape index (κ2) is 10.3. The quantitative estimate of drug-likeness (QED) is 0.549. The van der Waals surface area contributed by atoms with Crippen LogP contribution in [0.1, 0.15) is 12.8 Å². The van der Waals surface area contributed by atoms with E-state index in [0.29, 0.717) is 39.5 Å². The smallest absolute Gasteiger partial charge is 0.250 e. The van der Waals surface area contributed by atoms with E-state index in [9.17, 15) is 4.79 Å². The first kappa shape index (κ1) is 15.4. The van der Waals surface area contributed by atoms with Crippen LogP contribution in [0.5, 0.6) is 0 Å². The number of morpholine rings is 1. The van der Waals surface area contributed by atoms with Crippen LogP contribution in [0.25, 0.3) is 0 Å². The highest BCUT2D eigenvalue weighted by Crippen LogP contribution is 1.96. The van der Waals surface area contributed by atoms with Crippen molar-refractivity contribution in [3.8, 4) is 0 Å². The SMILES string of the molecule is COCCOCCCCNC(=O)C1CNCCO1. The van der Waals surface area contributed by atoms with Crippen molar-refractivity contribution in [1.29, 1.82) is 0 Å². The Morgan fingerprint density at radius 3 is 3.00 bits per heavy atom. The zero-order valence-corrected chi connectivity index (χ0v) is 11.1. The third-order valence-corrected chi connectivity index (χ3v) is 2.67. The molecule has 18 heavy (non-hydrogen) atoms. The first-order valence-corrected chi connectivity index (χ1v) is 6.51. The summed E-state index contributed by atoms with van der Waals surface area (Å²) in [5.41, 5.74) is 0. The minimum absolute atomic E-state index is 0.0255. The number of methoxy groups -OCH3 is 1. The Bertz CT molecular complexity index is 220. The van der Waals surface area contributed by atoms with Gasteiger partial charge in [0, 0.05) is 33.4 Å². The second-order valence-corrected chi connectivity index (χ2v) is 4.17. The van der Waals surface area contributed by atoms with Gasteiger partial charge in [-0.3, -0.25) is 4.79 Å². The molecule has 1 aliphatic heterocycles. The van der Waals surface area contributed by atoms with Crippen molar-refractivity contribution in [2.45, 2.75) is 18.9 Å². The van der Waals surface area contributed by atoms with Gasteiger partial charge in [-0.15, -0.1) is 0 Å². The largest absolute Gasteiger partial charge is 0.382 e. The molecule has 1 rings (SSSR count). The summed E-state index contributed by atoms with van der Waals surface area (Å²) in [6, 6.07) is 0. The fourth-order valence-electron chi connectivity index (χ4n) is 1.63. The van der Waals surface area contributed by atoms with Crippen molar-refractivity contribution in [3.63, 3.8) is 0 Å². The van der Waals surface area contributed by atoms with E-state index >= 15 is 0 Å². The van der Waals surface area contributed by atoms with Gasteiger partial charge in [0.25, 0.3) is 0 Å². The number of hydrogen-bond acceptors (Lipinski definition) is 5. The molecule has 1 amide bonds. The molecule has 2 N–H and O–H groups in total. The Morgan fingerprint density at radius 2 is 2.28 bits per heavy atom. The van der Waals surface area contributed by atoms with Crippen molar-refractivity contribution >= 4 is 5.91 Å². The lowest BCUT2D eigenvalue weighted by molar-refractivity contribution is -0.134. The standard InChI is InChI=1S/C12H24N2O4/c1-16-8-9-17-6-3-2-4-14-12(15)11-10-13-5-7-18-11/h11,13H,2-10H2,1H3,(H,14,15). The van der Waals surface area contributed by atoms with Gasteiger partial charge in [-0.1, -0.05) is 0 Å². The highest BCUT2D eigenvalue weighted by Gasteiger charge is 2.20. The van der Waals surface area contributed by atoms with Crippen LogP contribution in [0.4, 0.5) is 0 Å². The molecule has 1 unspecified atom stereocenters. The molecule has 1 saturated heterocycles. The minimum atomic E-state index is -0.336. The zero-order valence-electron chi connectivity index (χ0n) is 11.1. The lowest BCUT2D eigenvalue weighted by atomic mass is 10.2. The summed E-state index contributed by atoms with van der Waals surface area (Å²) in [5.74, 6) is -0.0255. The van der Waals surface area contributed by atoms with E-state index in [0.717, 1.165) is 19.4 Å². The van der Waals surface area contributed by atoms with Crippen LogP contribution in [-0.4, -0.2) is 65.2 Å². The maximum atomic E-state index is 11.6. The molecule has 1 atom stereocenters. The van der Waals surface area contributed by atoms with E-state index in [-0.39, 0.29) is 12.0 Å². The van der Waals surface area contributed by atoms with Crippen LogP contribution in [0.2, 0.25) is 0 Å². The van der Waals surface area contributed by atoms with Gasteiger partial charge < -0.3 is 24.8 Å². The molecule has 0 aromatic rings. The Balaban J connectivity index is 1.89. The highest BCUT2D eigenvalue weighted by atomic mass is 16.5. The number of carbonyl (C=O) groups is 1. The Hall–Kier alpha value is -0.690. The van der Waals surface area contributed by atoms with Crippen molar-refractivity contribution in [2.75, 3.05) is 53.2 Å². The van der Waals surface area contributed by atoms with Gasteiger partial charge in [0.05, 0.1) is 19.8 Å². The van der Waals surface area contributed by atoms with Crippen molar-refractivity contribution in [3.05, 3.63) is 0 Å². The molecule has 6 heteroatoms. The third-order valence-electron chi connectivity index (χ3n) is 2.67. The van der Waals surface area contributed by atoms with Gasteiger partial charge in [0.1, 0.15) is 6.10 Å². The Kier molecular flexibility index (Phi) is 8.75. The molecule has 0 saturated carbocycles. The van der Waals surface area contributed by atoms with E-state index in [4.69, 9.17) is 14.2 Å². The number of hydrogen-bond donors (Lipinski definition) is 2. The number of unbranched alkanes of at least 4 members (excludes halogenated alkanes) is 1. The molecule has 6 nitrogen and oxygen atoms in total. The molecule has 0 aromatic carbocycles. The van der Waals surface area contributed by atoms with Gasteiger partial charge in [-0.05, 0) is 12.8 Å². The van der Waals surface area contributed by atoms with Crippen LogP contribution >= 0.6 is 0 Å². The average molecular weight is 260 g/mol. The molecule has 0 spiro atoms. The fourth-order valence-corrected chi connectivity index (χ4v) is 1.63. The van der Waals surface area contributed by atoms with Gasteiger partial charge in [-0.25, -0.2) is 0 Å². The Morgan fingerprint density at radius 1 is 1.39 bits per heavy atom. The molecular formula is C12H24N2O4. The second-order valence-electron chi connectivity index (χ2n) is 4.17. The summed E-state index contributed by atoms with van der Waals surface area (Å²) in [6.07, 6.45) is 1.52. The van der Waals surface area contributed by atoms with Crippen LogP contribution in [0.3, 0.4) is 0 Å². The maximum absolute atomic E-state index is 11.6. The molecule has 1 fully saturated rings. The molecule has 1 heterocycles. The number of nitrogens with one attached hydrogen (secondary N) is 2. The average Bonchev–Trinajstić information content (AvgIpc) is 2.42. The highest BCUT2D eigenvalue weighted by molar-refractivity contribution is 5.81. The minimum Gasteiger partial charge on any atom is -0.382 e. The Labute approximate surface area is 108 Å². The first-order chi connectivity index (χ1) is 8.84. The molecule has 0 aliphatic carbocycles. The van der Waals surface area contributed by atoms with Crippen LogP contribution < -0.4 is 10.6 Å². The number of carbonyl (C=O) groups excluding carboxylic acids is 1. The zero-order chi connectivity index (χ0) is 13.1. The van der Waals surface area contributed by atoms with Crippen molar-refractivity contribution in [1.82, 2.24) is 10.6 Å². The summed E-state index contributed by atoms with van der Waals surface area (Å²) in [6.45, 7) is 4.67. The lowest BCUT2D eigenvalue weighted by Gasteiger charge is -2.22. The summed E-state index contributed by atoms with van der Waals surface area (Å²) >= 11 is 0. The van der Waals surface area contributed by atoms with Gasteiger partial charge in [-0.2, -0.15) is 0 Å². The van der Waals surface area contributed by atoms with E-state index in [1.165, 1.54) is 0 Å². The van der Waals surface area contributed by atoms with E-state index < -0.39 is 0 Å². The number of rotatable bonds is 9. The predicted molar refractivity (Wildman–Crippen MR) is 67.5 cm³/mol. The number of ether oxygens (including phenoxy) is 3. The fraction of sp³-hybridized carbons (Fsp3) is 0.917. The molecule has 0 radical (unpaired) electrons. The van der Waals surface area contributed by atoms with E-state index in [2.05, 4.69) is 10.6 Å². The molecule has 1 aliphatic rings. The van der Waals surface area contributed by atoms with Crippen molar-refractivity contribution in [2.24, 2.45) is 0 Å². The summed E-state index contributed by atoms with van der Waals surface area (Å²) in [5, 5.41) is 6.00. The molecule has 0 bridgehead atoms. The van der Waals surface area contributed by atoms with Crippen LogP contribution in [-0.2, 0) is 19.0 Å². The van der Waals surface area contributed by atoms with Crippen LogP contribution in [0, 0.1) is 0 Å².